The van der Waals surface area contributed by atoms with Crippen molar-refractivity contribution in [3.63, 3.8) is 0 Å². The fourth-order valence-corrected chi connectivity index (χ4v) is 3.65. The van der Waals surface area contributed by atoms with Gasteiger partial charge in [0.15, 0.2) is 5.76 Å². The summed E-state index contributed by atoms with van der Waals surface area (Å²) in [7, 11) is 1.57. The normalized spacial score (nSPS) is 18.1. The molecule has 2 aromatic rings. The summed E-state index contributed by atoms with van der Waals surface area (Å²) in [5.41, 5.74) is 0. The van der Waals surface area contributed by atoms with E-state index in [0.29, 0.717) is 49.8 Å². The lowest BCUT2D eigenvalue weighted by Crippen LogP contribution is -2.49. The molecule has 0 N–H and O–H groups in total. The highest BCUT2D eigenvalue weighted by Crippen LogP contribution is 2.22. The van der Waals surface area contributed by atoms with Gasteiger partial charge in [0.25, 0.3) is 5.91 Å². The Balaban J connectivity index is 1.46. The van der Waals surface area contributed by atoms with Crippen LogP contribution in [0.25, 0.3) is 0 Å². The summed E-state index contributed by atoms with van der Waals surface area (Å²) in [6.07, 6.45) is 6.31. The number of aromatic nitrogens is 3. The molecule has 2 aromatic heterocycles. The first-order chi connectivity index (χ1) is 13.7. The van der Waals surface area contributed by atoms with Crippen LogP contribution in [0.3, 0.4) is 0 Å². The van der Waals surface area contributed by atoms with Gasteiger partial charge in [0.2, 0.25) is 11.9 Å². The SMILES string of the molecule is COc1nc(N2CCCCCC2)nc(N2CCN(C(=O)c3ccco3)CC2)n1. The molecule has 0 spiro atoms. The molecule has 4 heterocycles. The second-order valence-corrected chi connectivity index (χ2v) is 7.08. The molecule has 1 amide bonds. The van der Waals surface area contributed by atoms with Crippen LogP contribution >= 0.6 is 0 Å². The van der Waals surface area contributed by atoms with Gasteiger partial charge in [-0.15, -0.1) is 0 Å². The lowest BCUT2D eigenvalue weighted by Gasteiger charge is -2.34. The van der Waals surface area contributed by atoms with E-state index in [2.05, 4.69) is 19.8 Å². The smallest absolute Gasteiger partial charge is 0.322 e. The van der Waals surface area contributed by atoms with Crippen molar-refractivity contribution < 1.29 is 13.9 Å². The molecule has 0 aliphatic carbocycles. The van der Waals surface area contributed by atoms with E-state index in [-0.39, 0.29) is 5.91 Å². The Hall–Kier alpha value is -2.84. The highest BCUT2D eigenvalue weighted by atomic mass is 16.5. The van der Waals surface area contributed by atoms with Crippen LogP contribution in [-0.2, 0) is 0 Å². The molecule has 9 nitrogen and oxygen atoms in total. The van der Waals surface area contributed by atoms with Crippen molar-refractivity contribution in [1.82, 2.24) is 19.9 Å². The third-order valence-electron chi connectivity index (χ3n) is 5.24. The van der Waals surface area contributed by atoms with Crippen LogP contribution < -0.4 is 14.5 Å². The van der Waals surface area contributed by atoms with Gasteiger partial charge in [-0.25, -0.2) is 0 Å². The van der Waals surface area contributed by atoms with Crippen LogP contribution in [0.2, 0.25) is 0 Å². The van der Waals surface area contributed by atoms with Crippen molar-refractivity contribution in [1.29, 1.82) is 0 Å². The van der Waals surface area contributed by atoms with E-state index in [1.165, 1.54) is 19.1 Å². The molecule has 2 aliphatic rings. The zero-order valence-electron chi connectivity index (χ0n) is 16.2. The minimum Gasteiger partial charge on any atom is -0.467 e. The fourth-order valence-electron chi connectivity index (χ4n) is 3.65. The van der Waals surface area contributed by atoms with Gasteiger partial charge in [0, 0.05) is 39.3 Å². The molecular formula is C19H26N6O3. The third-order valence-corrected chi connectivity index (χ3v) is 5.24. The topological polar surface area (TPSA) is 87.8 Å². The zero-order valence-corrected chi connectivity index (χ0v) is 16.2. The molecule has 9 heteroatoms. The molecular weight excluding hydrogens is 360 g/mol. The maximum absolute atomic E-state index is 12.4. The minimum absolute atomic E-state index is 0.0804. The van der Waals surface area contributed by atoms with Crippen molar-refractivity contribution in [2.45, 2.75) is 25.7 Å². The average molecular weight is 386 g/mol. The standard InChI is InChI=1S/C19H26N6O3/c1-27-19-21-17(24-8-4-2-3-5-9-24)20-18(22-19)25-12-10-23(11-13-25)16(26)15-7-6-14-28-15/h6-7,14H,2-5,8-13H2,1H3. The van der Waals surface area contributed by atoms with Crippen LogP contribution in [-0.4, -0.2) is 72.1 Å². The Labute approximate surface area is 164 Å². The summed E-state index contributed by atoms with van der Waals surface area (Å²) in [6.45, 7) is 4.40. The molecule has 28 heavy (non-hydrogen) atoms. The number of piperazine rings is 1. The predicted octanol–water partition coefficient (Wildman–Crippen LogP) is 1.82. The van der Waals surface area contributed by atoms with Crippen molar-refractivity contribution in [3.05, 3.63) is 24.2 Å². The highest BCUT2D eigenvalue weighted by molar-refractivity contribution is 5.91. The van der Waals surface area contributed by atoms with Crippen molar-refractivity contribution >= 4 is 17.8 Å². The van der Waals surface area contributed by atoms with E-state index in [0.717, 1.165) is 25.9 Å². The summed E-state index contributed by atoms with van der Waals surface area (Å²) >= 11 is 0. The summed E-state index contributed by atoms with van der Waals surface area (Å²) in [5.74, 6) is 1.58. The van der Waals surface area contributed by atoms with Gasteiger partial charge in [-0.3, -0.25) is 4.79 Å². The Bertz CT molecular complexity index is 781. The molecule has 150 valence electrons. The Morgan fingerprint density at radius 1 is 0.929 bits per heavy atom. The van der Waals surface area contributed by atoms with E-state index in [1.54, 1.807) is 24.1 Å². The van der Waals surface area contributed by atoms with Gasteiger partial charge in [-0.1, -0.05) is 12.8 Å². The van der Waals surface area contributed by atoms with Gasteiger partial charge in [-0.05, 0) is 25.0 Å². The first-order valence-corrected chi connectivity index (χ1v) is 9.87. The van der Waals surface area contributed by atoms with E-state index in [9.17, 15) is 4.79 Å². The maximum Gasteiger partial charge on any atom is 0.322 e. The van der Waals surface area contributed by atoms with Crippen molar-refractivity contribution in [3.8, 4) is 6.01 Å². The van der Waals surface area contributed by atoms with E-state index in [1.807, 2.05) is 0 Å². The number of ether oxygens (including phenoxy) is 1. The van der Waals surface area contributed by atoms with Crippen LogP contribution in [0.1, 0.15) is 36.2 Å². The van der Waals surface area contributed by atoms with Gasteiger partial charge < -0.3 is 23.9 Å². The fraction of sp³-hybridized carbons (Fsp3) is 0.579. The molecule has 0 unspecified atom stereocenters. The maximum atomic E-state index is 12.4. The number of furan rings is 1. The minimum atomic E-state index is -0.0804. The third kappa shape index (κ3) is 4.02. The molecule has 0 radical (unpaired) electrons. The second-order valence-electron chi connectivity index (χ2n) is 7.08. The summed E-state index contributed by atoms with van der Waals surface area (Å²) in [6, 6.07) is 3.75. The molecule has 0 atom stereocenters. The number of amides is 1. The van der Waals surface area contributed by atoms with Crippen molar-refractivity contribution in [2.75, 3.05) is 56.2 Å². The number of nitrogens with zero attached hydrogens (tertiary/aromatic N) is 6. The Kier molecular flexibility index (Phi) is 5.59. The molecule has 0 aromatic carbocycles. The number of carbonyl (C=O) groups excluding carboxylic acids is 1. The number of carbonyl (C=O) groups is 1. The summed E-state index contributed by atoms with van der Waals surface area (Å²) < 4.78 is 10.5. The quantitative estimate of drug-likeness (QED) is 0.786. The number of hydrogen-bond acceptors (Lipinski definition) is 8. The van der Waals surface area contributed by atoms with Crippen molar-refractivity contribution in [2.24, 2.45) is 0 Å². The van der Waals surface area contributed by atoms with E-state index < -0.39 is 0 Å². The molecule has 2 saturated heterocycles. The molecule has 2 aliphatic heterocycles. The van der Waals surface area contributed by atoms with Crippen LogP contribution in [0.4, 0.5) is 11.9 Å². The number of anilines is 2. The largest absolute Gasteiger partial charge is 0.467 e. The van der Waals surface area contributed by atoms with Gasteiger partial charge >= 0.3 is 6.01 Å². The predicted molar refractivity (Wildman–Crippen MR) is 104 cm³/mol. The van der Waals surface area contributed by atoms with Crippen LogP contribution in [0, 0.1) is 0 Å². The first-order valence-electron chi connectivity index (χ1n) is 9.87. The average Bonchev–Trinajstić information content (AvgIpc) is 3.15. The van der Waals surface area contributed by atoms with E-state index in [4.69, 9.17) is 14.1 Å². The lowest BCUT2D eigenvalue weighted by molar-refractivity contribution is 0.0714. The Morgan fingerprint density at radius 3 is 2.14 bits per heavy atom. The van der Waals surface area contributed by atoms with Crippen LogP contribution in [0.15, 0.2) is 22.8 Å². The number of rotatable bonds is 4. The molecule has 0 bridgehead atoms. The van der Waals surface area contributed by atoms with Gasteiger partial charge in [-0.2, -0.15) is 15.0 Å². The molecule has 2 fully saturated rings. The first kappa shape index (κ1) is 18.5. The lowest BCUT2D eigenvalue weighted by atomic mass is 10.2. The van der Waals surface area contributed by atoms with Gasteiger partial charge in [0.05, 0.1) is 13.4 Å². The van der Waals surface area contributed by atoms with Gasteiger partial charge in [0.1, 0.15) is 0 Å². The molecule has 4 rings (SSSR count). The monoisotopic (exact) mass is 386 g/mol. The molecule has 0 saturated carbocycles. The van der Waals surface area contributed by atoms with E-state index >= 15 is 0 Å². The summed E-state index contributed by atoms with van der Waals surface area (Å²) in [5, 5.41) is 0. The summed E-state index contributed by atoms with van der Waals surface area (Å²) in [4.78, 5) is 32.2. The highest BCUT2D eigenvalue weighted by Gasteiger charge is 2.26. The van der Waals surface area contributed by atoms with Crippen LogP contribution in [0.5, 0.6) is 6.01 Å². The second kappa shape index (κ2) is 8.45. The zero-order chi connectivity index (χ0) is 19.3. The number of methoxy groups -OCH3 is 1. The number of hydrogen-bond donors (Lipinski definition) is 0. The Morgan fingerprint density at radius 2 is 1.57 bits per heavy atom.